The van der Waals surface area contributed by atoms with Crippen LogP contribution in [0.2, 0.25) is 0 Å². The topological polar surface area (TPSA) is 64.4 Å². The predicted molar refractivity (Wildman–Crippen MR) is 73.9 cm³/mol. The number of hydrogen-bond acceptors (Lipinski definition) is 4. The van der Waals surface area contributed by atoms with Crippen LogP contribution in [0.3, 0.4) is 0 Å². The zero-order chi connectivity index (χ0) is 14.4. The summed E-state index contributed by atoms with van der Waals surface area (Å²) in [5, 5.41) is 6.65. The number of benzene rings is 1. The molecule has 0 aliphatic heterocycles. The average molecular weight is 274 g/mol. The van der Waals surface area contributed by atoms with E-state index in [0.717, 1.165) is 11.1 Å². The average Bonchev–Trinajstić information content (AvgIpc) is 2.84. The highest BCUT2D eigenvalue weighted by molar-refractivity contribution is 5.78. The lowest BCUT2D eigenvalue weighted by atomic mass is 10.1. The number of aryl methyl sites for hydroxylation is 1. The Morgan fingerprint density at radius 1 is 1.30 bits per heavy atom. The van der Waals surface area contributed by atoms with Gasteiger partial charge in [0, 0.05) is 19.7 Å². The molecule has 0 atom stereocenters. The van der Waals surface area contributed by atoms with Crippen molar-refractivity contribution in [1.82, 2.24) is 10.5 Å². The molecule has 0 radical (unpaired) electrons. The number of hydrogen-bond donors (Lipinski definition) is 1. The van der Waals surface area contributed by atoms with Gasteiger partial charge in [0.15, 0.2) is 0 Å². The van der Waals surface area contributed by atoms with Crippen LogP contribution in [0.1, 0.15) is 22.6 Å². The van der Waals surface area contributed by atoms with Gasteiger partial charge in [-0.3, -0.25) is 4.79 Å². The van der Waals surface area contributed by atoms with E-state index in [-0.39, 0.29) is 12.3 Å². The van der Waals surface area contributed by atoms with Gasteiger partial charge < -0.3 is 14.6 Å². The molecule has 0 saturated carbocycles. The van der Waals surface area contributed by atoms with Gasteiger partial charge in [-0.1, -0.05) is 29.4 Å². The van der Waals surface area contributed by atoms with Gasteiger partial charge in [0.25, 0.3) is 0 Å². The molecule has 2 rings (SSSR count). The van der Waals surface area contributed by atoms with Gasteiger partial charge in [-0.25, -0.2) is 0 Å². The number of ether oxygens (including phenoxy) is 1. The summed E-state index contributed by atoms with van der Waals surface area (Å²) in [5.74, 6) is 0.640. The third kappa shape index (κ3) is 4.20. The minimum atomic E-state index is -0.0701. The van der Waals surface area contributed by atoms with Gasteiger partial charge >= 0.3 is 0 Å². The quantitative estimate of drug-likeness (QED) is 0.875. The van der Waals surface area contributed by atoms with E-state index in [9.17, 15) is 4.79 Å². The molecule has 0 fully saturated rings. The Labute approximate surface area is 117 Å². The summed E-state index contributed by atoms with van der Waals surface area (Å²) in [6.07, 6.45) is 0.235. The molecule has 0 aliphatic rings. The van der Waals surface area contributed by atoms with Crippen molar-refractivity contribution in [3.05, 3.63) is 52.9 Å². The van der Waals surface area contributed by atoms with Crippen LogP contribution in [-0.2, 0) is 29.1 Å². The number of methoxy groups -OCH3 is 1. The molecule has 0 aliphatic carbocycles. The molecule has 1 N–H and O–H groups in total. The smallest absolute Gasteiger partial charge is 0.226 e. The Balaban J connectivity index is 1.80. The summed E-state index contributed by atoms with van der Waals surface area (Å²) >= 11 is 0. The van der Waals surface area contributed by atoms with Crippen LogP contribution in [0.15, 0.2) is 34.9 Å². The van der Waals surface area contributed by atoms with Crippen LogP contribution >= 0.6 is 0 Å². The number of carbonyl (C=O) groups excluding carboxylic acids is 1. The number of nitrogens with one attached hydrogen (secondary N) is 1. The van der Waals surface area contributed by atoms with E-state index in [4.69, 9.17) is 9.26 Å². The first-order valence-electron chi connectivity index (χ1n) is 6.43. The van der Waals surface area contributed by atoms with Crippen molar-refractivity contribution < 1.29 is 14.1 Å². The van der Waals surface area contributed by atoms with Crippen LogP contribution in [0.4, 0.5) is 0 Å². The van der Waals surface area contributed by atoms with Gasteiger partial charge in [0.05, 0.1) is 18.7 Å². The van der Waals surface area contributed by atoms with Gasteiger partial charge in [-0.15, -0.1) is 0 Å². The second-order valence-corrected chi connectivity index (χ2v) is 4.63. The lowest BCUT2D eigenvalue weighted by Gasteiger charge is -2.05. The monoisotopic (exact) mass is 274 g/mol. The summed E-state index contributed by atoms with van der Waals surface area (Å²) in [6, 6.07) is 9.71. The highest BCUT2D eigenvalue weighted by atomic mass is 16.5. The zero-order valence-corrected chi connectivity index (χ0v) is 11.7. The fraction of sp³-hybridized carbons (Fsp3) is 0.333. The zero-order valence-electron chi connectivity index (χ0n) is 11.7. The fourth-order valence-corrected chi connectivity index (χ4v) is 1.85. The molecule has 106 valence electrons. The third-order valence-corrected chi connectivity index (χ3v) is 2.84. The first-order chi connectivity index (χ1) is 9.67. The highest BCUT2D eigenvalue weighted by Crippen LogP contribution is 2.06. The Morgan fingerprint density at radius 2 is 2.00 bits per heavy atom. The van der Waals surface area contributed by atoms with Crippen molar-refractivity contribution in [3.63, 3.8) is 0 Å². The molecule has 5 heteroatoms. The Morgan fingerprint density at radius 3 is 2.60 bits per heavy atom. The molecular formula is C15H18N2O3. The molecule has 5 nitrogen and oxygen atoms in total. The number of amides is 1. The molecule has 1 heterocycles. The molecule has 1 aromatic heterocycles. The predicted octanol–water partition coefficient (Wildman–Crippen LogP) is 1.99. The maximum Gasteiger partial charge on any atom is 0.226 e. The Kier molecular flexibility index (Phi) is 4.90. The summed E-state index contributed by atoms with van der Waals surface area (Å²) in [5.41, 5.74) is 2.81. The molecule has 0 spiro atoms. The van der Waals surface area contributed by atoms with Gasteiger partial charge in [-0.05, 0) is 18.1 Å². The maximum absolute atomic E-state index is 11.8. The van der Waals surface area contributed by atoms with Crippen LogP contribution in [0.25, 0.3) is 0 Å². The first-order valence-corrected chi connectivity index (χ1v) is 6.43. The van der Waals surface area contributed by atoms with E-state index in [2.05, 4.69) is 10.5 Å². The Bertz CT molecular complexity index is 561. The molecule has 1 amide bonds. The third-order valence-electron chi connectivity index (χ3n) is 2.84. The van der Waals surface area contributed by atoms with Crippen molar-refractivity contribution in [1.29, 1.82) is 0 Å². The van der Waals surface area contributed by atoms with Crippen molar-refractivity contribution >= 4 is 5.91 Å². The summed E-state index contributed by atoms with van der Waals surface area (Å²) < 4.78 is 9.97. The highest BCUT2D eigenvalue weighted by Gasteiger charge is 2.07. The van der Waals surface area contributed by atoms with Crippen molar-refractivity contribution in [3.8, 4) is 0 Å². The number of rotatable bonds is 6. The molecule has 20 heavy (non-hydrogen) atoms. The molecule has 2 aromatic rings. The minimum Gasteiger partial charge on any atom is -0.380 e. The van der Waals surface area contributed by atoms with E-state index in [1.807, 2.05) is 24.3 Å². The van der Waals surface area contributed by atoms with E-state index < -0.39 is 0 Å². The standard InChI is InChI=1S/C15H18N2O3/c1-11-7-14(17-20-11)8-15(18)16-9-12-3-5-13(6-4-12)10-19-2/h3-7H,8-10H2,1-2H3,(H,16,18). The van der Waals surface area contributed by atoms with Crippen LogP contribution in [0.5, 0.6) is 0 Å². The van der Waals surface area contributed by atoms with E-state index >= 15 is 0 Å². The lowest BCUT2D eigenvalue weighted by Crippen LogP contribution is -2.24. The SMILES string of the molecule is COCc1ccc(CNC(=O)Cc2cc(C)on2)cc1. The normalized spacial score (nSPS) is 10.5. The summed E-state index contributed by atoms with van der Waals surface area (Å²) in [7, 11) is 1.67. The minimum absolute atomic E-state index is 0.0701. The first kappa shape index (κ1) is 14.3. The van der Waals surface area contributed by atoms with Crippen LogP contribution in [-0.4, -0.2) is 18.2 Å². The van der Waals surface area contributed by atoms with Gasteiger partial charge in [0.2, 0.25) is 5.91 Å². The van der Waals surface area contributed by atoms with Crippen LogP contribution in [0, 0.1) is 6.92 Å². The lowest BCUT2D eigenvalue weighted by molar-refractivity contribution is -0.120. The van der Waals surface area contributed by atoms with E-state index in [1.165, 1.54) is 0 Å². The summed E-state index contributed by atoms with van der Waals surface area (Å²) in [6.45, 7) is 2.90. The molecule has 1 aromatic carbocycles. The number of aromatic nitrogens is 1. The van der Waals surface area contributed by atoms with Gasteiger partial charge in [0.1, 0.15) is 5.76 Å². The van der Waals surface area contributed by atoms with Crippen LogP contribution < -0.4 is 5.32 Å². The molecule has 0 bridgehead atoms. The fourth-order valence-electron chi connectivity index (χ4n) is 1.85. The Hall–Kier alpha value is -2.14. The van der Waals surface area contributed by atoms with Gasteiger partial charge in [-0.2, -0.15) is 0 Å². The van der Waals surface area contributed by atoms with E-state index in [1.54, 1.807) is 20.1 Å². The summed E-state index contributed by atoms with van der Waals surface area (Å²) in [4.78, 5) is 11.8. The second kappa shape index (κ2) is 6.86. The molecule has 0 saturated heterocycles. The molecule has 0 unspecified atom stereocenters. The van der Waals surface area contributed by atoms with E-state index in [0.29, 0.717) is 24.6 Å². The largest absolute Gasteiger partial charge is 0.380 e. The number of nitrogens with zero attached hydrogens (tertiary/aromatic N) is 1. The maximum atomic E-state index is 11.8. The second-order valence-electron chi connectivity index (χ2n) is 4.63. The van der Waals surface area contributed by atoms with Crippen molar-refractivity contribution in [2.24, 2.45) is 0 Å². The van der Waals surface area contributed by atoms with Crippen molar-refractivity contribution in [2.75, 3.05) is 7.11 Å². The number of carbonyl (C=O) groups is 1. The molecular weight excluding hydrogens is 256 g/mol. The van der Waals surface area contributed by atoms with Crippen molar-refractivity contribution in [2.45, 2.75) is 26.5 Å².